The van der Waals surface area contributed by atoms with Crippen molar-refractivity contribution < 1.29 is 9.90 Å². The van der Waals surface area contributed by atoms with E-state index in [-0.39, 0.29) is 19.1 Å². The molecule has 0 aliphatic carbocycles. The van der Waals surface area contributed by atoms with Gasteiger partial charge >= 0.3 is 0 Å². The quantitative estimate of drug-likeness (QED) is 0.702. The molecule has 1 aromatic carbocycles. The van der Waals surface area contributed by atoms with Crippen molar-refractivity contribution in [1.29, 1.82) is 0 Å². The highest BCUT2D eigenvalue weighted by atomic mass is 79.9. The van der Waals surface area contributed by atoms with Crippen LogP contribution in [0.25, 0.3) is 0 Å². The average molecular weight is 392 g/mol. The Hall–Kier alpha value is -0.690. The fourth-order valence-electron chi connectivity index (χ4n) is 1.54. The van der Waals surface area contributed by atoms with Gasteiger partial charge in [-0.05, 0) is 34.1 Å². The topological polar surface area (TPSA) is 52.6 Å². The Kier molecular flexibility index (Phi) is 7.30. The van der Waals surface area contributed by atoms with Crippen LogP contribution in [0.3, 0.4) is 0 Å². The number of aliphatic hydroxyl groups excluding tert-OH is 1. The van der Waals surface area contributed by atoms with E-state index in [1.807, 2.05) is 23.1 Å². The maximum Gasteiger partial charge on any atom is 0.238 e. The lowest BCUT2D eigenvalue weighted by atomic mass is 10.3. The number of carbonyl (C=O) groups is 1. The van der Waals surface area contributed by atoms with Gasteiger partial charge in [0.15, 0.2) is 0 Å². The van der Waals surface area contributed by atoms with Crippen LogP contribution in [0, 0.1) is 0 Å². The van der Waals surface area contributed by atoms with E-state index in [1.54, 1.807) is 6.08 Å². The first-order valence-corrected chi connectivity index (χ1v) is 7.34. The van der Waals surface area contributed by atoms with Gasteiger partial charge in [-0.15, -0.1) is 6.58 Å². The van der Waals surface area contributed by atoms with Gasteiger partial charge in [0, 0.05) is 22.0 Å². The van der Waals surface area contributed by atoms with E-state index < -0.39 is 0 Å². The molecule has 19 heavy (non-hydrogen) atoms. The summed E-state index contributed by atoms with van der Waals surface area (Å²) in [4.78, 5) is 13.7. The number of aliphatic hydroxyl groups is 1. The molecule has 104 valence electrons. The van der Waals surface area contributed by atoms with E-state index >= 15 is 0 Å². The van der Waals surface area contributed by atoms with Gasteiger partial charge in [-0.2, -0.15) is 0 Å². The molecule has 0 saturated heterocycles. The Bertz CT molecular complexity index is 452. The number of nitrogens with zero attached hydrogens (tertiary/aromatic N) is 1. The smallest absolute Gasteiger partial charge is 0.238 e. The van der Waals surface area contributed by atoms with E-state index in [4.69, 9.17) is 5.11 Å². The zero-order chi connectivity index (χ0) is 14.3. The summed E-state index contributed by atoms with van der Waals surface area (Å²) in [7, 11) is 0. The lowest BCUT2D eigenvalue weighted by molar-refractivity contribution is -0.117. The van der Waals surface area contributed by atoms with Crippen molar-refractivity contribution in [2.75, 3.05) is 31.6 Å². The van der Waals surface area contributed by atoms with Crippen molar-refractivity contribution >= 4 is 43.5 Å². The van der Waals surface area contributed by atoms with Gasteiger partial charge in [-0.3, -0.25) is 9.69 Å². The molecule has 1 rings (SSSR count). The molecule has 0 fully saturated rings. The van der Waals surface area contributed by atoms with Crippen molar-refractivity contribution in [3.8, 4) is 0 Å². The third-order valence-electron chi connectivity index (χ3n) is 2.38. The van der Waals surface area contributed by atoms with Crippen molar-refractivity contribution in [3.63, 3.8) is 0 Å². The molecule has 0 unspecified atom stereocenters. The van der Waals surface area contributed by atoms with E-state index in [0.29, 0.717) is 13.1 Å². The van der Waals surface area contributed by atoms with Gasteiger partial charge in [-0.1, -0.05) is 22.0 Å². The minimum absolute atomic E-state index is 0.0170. The Morgan fingerprint density at radius 1 is 1.47 bits per heavy atom. The lowest BCUT2D eigenvalue weighted by Crippen LogP contribution is -2.35. The fraction of sp³-hybridized carbons (Fsp3) is 0.308. The summed E-state index contributed by atoms with van der Waals surface area (Å²) >= 11 is 6.74. The second kappa shape index (κ2) is 8.47. The first kappa shape index (κ1) is 16.4. The molecule has 2 N–H and O–H groups in total. The van der Waals surface area contributed by atoms with Crippen LogP contribution >= 0.6 is 31.9 Å². The largest absolute Gasteiger partial charge is 0.395 e. The highest BCUT2D eigenvalue weighted by molar-refractivity contribution is 9.11. The van der Waals surface area contributed by atoms with E-state index in [0.717, 1.165) is 14.6 Å². The molecule has 1 amide bonds. The van der Waals surface area contributed by atoms with Gasteiger partial charge in [0.1, 0.15) is 0 Å². The maximum absolute atomic E-state index is 11.9. The monoisotopic (exact) mass is 390 g/mol. The number of hydrogen-bond acceptors (Lipinski definition) is 3. The number of halogens is 2. The SMILES string of the molecule is C=CCN(CCO)CC(=O)Nc1ccc(Br)cc1Br. The number of rotatable bonds is 7. The van der Waals surface area contributed by atoms with E-state index in [2.05, 4.69) is 43.8 Å². The molecule has 1 aromatic rings. The lowest BCUT2D eigenvalue weighted by Gasteiger charge is -2.19. The molecule has 0 atom stereocenters. The van der Waals surface area contributed by atoms with E-state index in [1.165, 1.54) is 0 Å². The van der Waals surface area contributed by atoms with Crippen LogP contribution in [-0.2, 0) is 4.79 Å². The van der Waals surface area contributed by atoms with E-state index in [9.17, 15) is 4.79 Å². The highest BCUT2D eigenvalue weighted by Crippen LogP contribution is 2.26. The van der Waals surface area contributed by atoms with Gasteiger partial charge in [0.05, 0.1) is 18.8 Å². The Morgan fingerprint density at radius 2 is 2.21 bits per heavy atom. The molecule has 0 saturated carbocycles. The Morgan fingerprint density at radius 3 is 2.79 bits per heavy atom. The Balaban J connectivity index is 2.60. The average Bonchev–Trinajstić information content (AvgIpc) is 2.33. The standard InChI is InChI=1S/C13H16Br2N2O2/c1-2-5-17(6-7-18)9-13(19)16-12-4-3-10(14)8-11(12)15/h2-4,8,18H,1,5-7,9H2,(H,16,19). The summed E-state index contributed by atoms with van der Waals surface area (Å²) in [6.07, 6.45) is 1.71. The van der Waals surface area contributed by atoms with Crippen molar-refractivity contribution in [3.05, 3.63) is 39.8 Å². The summed E-state index contributed by atoms with van der Waals surface area (Å²) in [6, 6.07) is 5.54. The second-order valence-electron chi connectivity index (χ2n) is 3.92. The molecule has 6 heteroatoms. The predicted molar refractivity (Wildman–Crippen MR) is 84.2 cm³/mol. The third kappa shape index (κ3) is 5.86. The first-order valence-electron chi connectivity index (χ1n) is 5.76. The molecular weight excluding hydrogens is 376 g/mol. The zero-order valence-corrected chi connectivity index (χ0v) is 13.6. The van der Waals surface area contributed by atoms with Crippen molar-refractivity contribution in [1.82, 2.24) is 4.90 Å². The summed E-state index contributed by atoms with van der Waals surface area (Å²) in [5.74, 6) is -0.127. The predicted octanol–water partition coefficient (Wildman–Crippen LogP) is 2.63. The minimum Gasteiger partial charge on any atom is -0.395 e. The first-order chi connectivity index (χ1) is 9.06. The number of nitrogens with one attached hydrogen (secondary N) is 1. The van der Waals surface area contributed by atoms with Gasteiger partial charge in [-0.25, -0.2) is 0 Å². The summed E-state index contributed by atoms with van der Waals surface area (Å²) in [6.45, 7) is 4.87. The van der Waals surface area contributed by atoms with Crippen LogP contribution < -0.4 is 5.32 Å². The molecule has 0 bridgehead atoms. The van der Waals surface area contributed by atoms with Crippen molar-refractivity contribution in [2.45, 2.75) is 0 Å². The molecule has 0 aliphatic rings. The number of benzene rings is 1. The van der Waals surface area contributed by atoms with Crippen LogP contribution in [-0.4, -0.2) is 42.2 Å². The fourth-order valence-corrected chi connectivity index (χ4v) is 2.69. The second-order valence-corrected chi connectivity index (χ2v) is 5.69. The van der Waals surface area contributed by atoms with Crippen LogP contribution in [0.1, 0.15) is 0 Å². The van der Waals surface area contributed by atoms with Crippen LogP contribution in [0.15, 0.2) is 39.8 Å². The summed E-state index contributed by atoms with van der Waals surface area (Å²) < 4.78 is 1.75. The number of amides is 1. The van der Waals surface area contributed by atoms with Gasteiger partial charge < -0.3 is 10.4 Å². The molecular formula is C13H16Br2N2O2. The normalized spacial score (nSPS) is 10.5. The maximum atomic E-state index is 11.9. The van der Waals surface area contributed by atoms with Crippen LogP contribution in [0.4, 0.5) is 5.69 Å². The highest BCUT2D eigenvalue weighted by Gasteiger charge is 2.10. The number of anilines is 1. The van der Waals surface area contributed by atoms with Crippen LogP contribution in [0.2, 0.25) is 0 Å². The summed E-state index contributed by atoms with van der Waals surface area (Å²) in [5, 5.41) is 11.7. The number of carbonyl (C=O) groups excluding carboxylic acids is 1. The van der Waals surface area contributed by atoms with Gasteiger partial charge in [0.25, 0.3) is 0 Å². The summed E-state index contributed by atoms with van der Waals surface area (Å²) in [5.41, 5.74) is 0.718. The Labute approximate surface area is 129 Å². The molecule has 0 aliphatic heterocycles. The third-order valence-corrected chi connectivity index (χ3v) is 3.53. The molecule has 4 nitrogen and oxygen atoms in total. The molecule has 0 spiro atoms. The molecule has 0 aromatic heterocycles. The van der Waals surface area contributed by atoms with Crippen LogP contribution in [0.5, 0.6) is 0 Å². The minimum atomic E-state index is -0.127. The molecule has 0 radical (unpaired) electrons. The molecule has 0 heterocycles. The zero-order valence-electron chi connectivity index (χ0n) is 10.4. The van der Waals surface area contributed by atoms with Crippen molar-refractivity contribution in [2.24, 2.45) is 0 Å². The van der Waals surface area contributed by atoms with Gasteiger partial charge in [0.2, 0.25) is 5.91 Å². The number of hydrogen-bond donors (Lipinski definition) is 2.